The van der Waals surface area contributed by atoms with Gasteiger partial charge in [-0.25, -0.2) is 0 Å². The normalized spacial score (nSPS) is 16.1. The molecule has 0 spiro atoms. The van der Waals surface area contributed by atoms with E-state index < -0.39 is 28.2 Å². The number of carboxylic acid groups (broad SMARTS) is 2. The van der Waals surface area contributed by atoms with Gasteiger partial charge in [0, 0.05) is 0 Å². The van der Waals surface area contributed by atoms with Crippen LogP contribution in [0.5, 0.6) is 0 Å². The van der Waals surface area contributed by atoms with Crippen molar-refractivity contribution in [3.63, 3.8) is 0 Å². The first-order valence-electron chi connectivity index (χ1n) is 6.42. The minimum atomic E-state index is -1.31. The van der Waals surface area contributed by atoms with Crippen molar-refractivity contribution < 1.29 is 19.8 Å². The van der Waals surface area contributed by atoms with Crippen LogP contribution in [0.1, 0.15) is 60.8 Å². The van der Waals surface area contributed by atoms with Gasteiger partial charge in [0.2, 0.25) is 0 Å². The molecule has 106 valence electrons. The number of rotatable bonds is 6. The topological polar surface area (TPSA) is 74.6 Å². The van der Waals surface area contributed by atoms with E-state index in [4.69, 9.17) is 0 Å². The van der Waals surface area contributed by atoms with Gasteiger partial charge in [-0.15, -0.1) is 0 Å². The van der Waals surface area contributed by atoms with E-state index in [2.05, 4.69) is 0 Å². The summed E-state index contributed by atoms with van der Waals surface area (Å²) in [7, 11) is 0. The van der Waals surface area contributed by atoms with Crippen LogP contribution in [0.25, 0.3) is 0 Å². The second-order valence-electron chi connectivity index (χ2n) is 6.49. The predicted molar refractivity (Wildman–Crippen MR) is 70.5 cm³/mol. The van der Waals surface area contributed by atoms with Crippen LogP contribution in [0.4, 0.5) is 0 Å². The minimum absolute atomic E-state index is 0.377. The van der Waals surface area contributed by atoms with Crippen LogP contribution in [-0.2, 0) is 9.59 Å². The number of carboxylic acids is 2. The van der Waals surface area contributed by atoms with E-state index in [1.54, 1.807) is 0 Å². The van der Waals surface area contributed by atoms with E-state index in [9.17, 15) is 19.8 Å². The highest BCUT2D eigenvalue weighted by atomic mass is 16.4. The molecule has 0 bridgehead atoms. The highest BCUT2D eigenvalue weighted by Gasteiger charge is 2.61. The Morgan fingerprint density at radius 1 is 0.944 bits per heavy atom. The Kier molecular flexibility index (Phi) is 4.98. The van der Waals surface area contributed by atoms with Crippen molar-refractivity contribution in [2.75, 3.05) is 0 Å². The van der Waals surface area contributed by atoms with Gasteiger partial charge in [0.05, 0.1) is 10.8 Å². The maximum atomic E-state index is 11.9. The van der Waals surface area contributed by atoms with E-state index in [0.29, 0.717) is 12.8 Å². The summed E-state index contributed by atoms with van der Waals surface area (Å²) in [6.45, 7) is 10.4. The van der Waals surface area contributed by atoms with Crippen molar-refractivity contribution in [3.8, 4) is 0 Å². The average molecular weight is 258 g/mol. The molecule has 0 aliphatic carbocycles. The highest BCUT2D eigenvalue weighted by Crippen LogP contribution is 2.55. The predicted octanol–water partition coefficient (Wildman–Crippen LogP) is 3.40. The van der Waals surface area contributed by atoms with Gasteiger partial charge in [-0.05, 0) is 25.7 Å². The molecule has 0 amide bonds. The Morgan fingerprint density at radius 3 is 1.61 bits per heavy atom. The molecule has 0 saturated heterocycles. The molecule has 0 fully saturated rings. The summed E-state index contributed by atoms with van der Waals surface area (Å²) in [5.74, 6) is -2.08. The van der Waals surface area contributed by atoms with E-state index >= 15 is 0 Å². The molecule has 1 unspecified atom stereocenters. The molecule has 2 N–H and O–H groups in total. The van der Waals surface area contributed by atoms with Gasteiger partial charge >= 0.3 is 11.9 Å². The summed E-state index contributed by atoms with van der Waals surface area (Å²) in [5.41, 5.74) is -3.22. The average Bonchev–Trinajstić information content (AvgIpc) is 2.15. The molecule has 0 aromatic carbocycles. The fourth-order valence-corrected chi connectivity index (χ4v) is 2.94. The molecule has 0 aromatic heterocycles. The van der Waals surface area contributed by atoms with E-state index in [-0.39, 0.29) is 0 Å². The van der Waals surface area contributed by atoms with Gasteiger partial charge in [0.25, 0.3) is 0 Å². The van der Waals surface area contributed by atoms with Crippen molar-refractivity contribution in [1.82, 2.24) is 0 Å². The zero-order valence-electron chi connectivity index (χ0n) is 12.3. The lowest BCUT2D eigenvalue weighted by Gasteiger charge is -2.49. The standard InChI is InChI=1S/C14H26O4/c1-7-8-9-14(11(17)18,12(2,3)4)13(5,6)10(15)16/h7-9H2,1-6H3,(H,15,16)(H,17,18). The maximum Gasteiger partial charge on any atom is 0.311 e. The van der Waals surface area contributed by atoms with Crippen LogP contribution in [0.3, 0.4) is 0 Å². The van der Waals surface area contributed by atoms with Crippen LogP contribution in [0, 0.1) is 16.2 Å². The second kappa shape index (κ2) is 5.29. The Balaban J connectivity index is 5.94. The van der Waals surface area contributed by atoms with Gasteiger partial charge in [0.15, 0.2) is 0 Å². The van der Waals surface area contributed by atoms with Crippen molar-refractivity contribution in [1.29, 1.82) is 0 Å². The molecule has 0 aliphatic heterocycles. The Morgan fingerprint density at radius 2 is 1.39 bits per heavy atom. The number of hydrogen-bond acceptors (Lipinski definition) is 2. The van der Waals surface area contributed by atoms with Gasteiger partial charge in [-0.3, -0.25) is 9.59 Å². The highest BCUT2D eigenvalue weighted by molar-refractivity contribution is 5.86. The molecule has 0 saturated carbocycles. The van der Waals surface area contributed by atoms with Gasteiger partial charge in [-0.1, -0.05) is 40.5 Å². The smallest absolute Gasteiger partial charge is 0.311 e. The molecule has 0 radical (unpaired) electrons. The van der Waals surface area contributed by atoms with Crippen LogP contribution in [0.2, 0.25) is 0 Å². The molecule has 18 heavy (non-hydrogen) atoms. The molecule has 0 aromatic rings. The van der Waals surface area contributed by atoms with Crippen molar-refractivity contribution in [3.05, 3.63) is 0 Å². The first-order valence-corrected chi connectivity index (χ1v) is 6.42. The van der Waals surface area contributed by atoms with Crippen molar-refractivity contribution in [2.45, 2.75) is 60.8 Å². The SMILES string of the molecule is CCCCC(C(=O)O)(C(C)(C)C)C(C)(C)C(=O)O. The van der Waals surface area contributed by atoms with Gasteiger partial charge < -0.3 is 10.2 Å². The number of unbranched alkanes of at least 4 members (excludes halogenated alkanes) is 1. The summed E-state index contributed by atoms with van der Waals surface area (Å²) >= 11 is 0. The van der Waals surface area contributed by atoms with E-state index in [1.807, 2.05) is 27.7 Å². The second-order valence-corrected chi connectivity index (χ2v) is 6.49. The molecule has 4 nitrogen and oxygen atoms in total. The lowest BCUT2D eigenvalue weighted by atomic mass is 9.51. The summed E-state index contributed by atoms with van der Waals surface area (Å²) in [6.07, 6.45) is 1.93. The number of hydrogen-bond donors (Lipinski definition) is 2. The fraction of sp³-hybridized carbons (Fsp3) is 0.857. The summed E-state index contributed by atoms with van der Waals surface area (Å²) in [6, 6.07) is 0. The summed E-state index contributed by atoms with van der Waals surface area (Å²) in [4.78, 5) is 23.4. The number of carbonyl (C=O) groups is 2. The monoisotopic (exact) mass is 258 g/mol. The van der Waals surface area contributed by atoms with Crippen LogP contribution in [-0.4, -0.2) is 22.2 Å². The third-order valence-corrected chi connectivity index (χ3v) is 4.15. The molecule has 0 heterocycles. The van der Waals surface area contributed by atoms with Gasteiger partial charge in [-0.2, -0.15) is 0 Å². The zero-order valence-corrected chi connectivity index (χ0v) is 12.3. The largest absolute Gasteiger partial charge is 0.481 e. The van der Waals surface area contributed by atoms with E-state index in [1.165, 1.54) is 13.8 Å². The fourth-order valence-electron chi connectivity index (χ4n) is 2.94. The zero-order chi connectivity index (χ0) is 14.8. The third-order valence-electron chi connectivity index (χ3n) is 4.15. The molecule has 1 atom stereocenters. The Labute approximate surface area is 109 Å². The molecular weight excluding hydrogens is 232 g/mol. The van der Waals surface area contributed by atoms with Crippen molar-refractivity contribution in [2.24, 2.45) is 16.2 Å². The van der Waals surface area contributed by atoms with Gasteiger partial charge in [0.1, 0.15) is 0 Å². The minimum Gasteiger partial charge on any atom is -0.481 e. The Hall–Kier alpha value is -1.06. The van der Waals surface area contributed by atoms with Crippen LogP contribution < -0.4 is 0 Å². The molecule has 0 rings (SSSR count). The molecular formula is C14H26O4. The van der Waals surface area contributed by atoms with E-state index in [0.717, 1.165) is 6.42 Å². The summed E-state index contributed by atoms with van der Waals surface area (Å²) < 4.78 is 0. The quantitative estimate of drug-likeness (QED) is 0.765. The summed E-state index contributed by atoms with van der Waals surface area (Å²) in [5, 5.41) is 19.1. The molecule has 0 aliphatic rings. The maximum absolute atomic E-state index is 11.9. The Bertz CT molecular complexity index is 325. The first kappa shape index (κ1) is 16.9. The lowest BCUT2D eigenvalue weighted by Crippen LogP contribution is -2.56. The number of aliphatic carboxylic acids is 2. The van der Waals surface area contributed by atoms with Crippen LogP contribution in [0.15, 0.2) is 0 Å². The lowest BCUT2D eigenvalue weighted by molar-refractivity contribution is -0.184. The first-order chi connectivity index (χ1) is 7.95. The van der Waals surface area contributed by atoms with Crippen LogP contribution >= 0.6 is 0 Å². The third kappa shape index (κ3) is 2.52. The molecule has 4 heteroatoms. The van der Waals surface area contributed by atoms with Crippen molar-refractivity contribution >= 4 is 11.9 Å².